The molecule has 3 heteroatoms. The third-order valence-electron chi connectivity index (χ3n) is 3.10. The van der Waals surface area contributed by atoms with Gasteiger partial charge in [-0.05, 0) is 25.6 Å². The maximum absolute atomic E-state index is 11.0. The number of nitrogens with zero attached hydrogens (tertiary/aromatic N) is 1. The number of nitrogen functional groups attached to an aromatic ring is 1. The molecule has 2 N–H and O–H groups in total. The number of hydrogen-bond acceptors (Lipinski definition) is 3. The zero-order valence-electron chi connectivity index (χ0n) is 8.40. The van der Waals surface area contributed by atoms with Crippen LogP contribution >= 0.6 is 0 Å². The first kappa shape index (κ1) is 9.21. The molecule has 0 amide bonds. The highest BCUT2D eigenvalue weighted by Gasteiger charge is 2.34. The molecule has 1 aliphatic heterocycles. The Bertz CT molecular complexity index is 376. The van der Waals surface area contributed by atoms with E-state index in [-0.39, 0.29) is 12.1 Å². The second kappa shape index (κ2) is 3.10. The van der Waals surface area contributed by atoms with Crippen LogP contribution in [0.3, 0.4) is 0 Å². The van der Waals surface area contributed by atoms with Crippen molar-refractivity contribution in [3.05, 3.63) is 29.3 Å². The third kappa shape index (κ3) is 1.06. The van der Waals surface area contributed by atoms with Gasteiger partial charge < -0.3 is 10.5 Å². The summed E-state index contributed by atoms with van der Waals surface area (Å²) < 4.78 is 0. The van der Waals surface area contributed by atoms with Crippen LogP contribution in [0.1, 0.15) is 30.1 Å². The summed E-state index contributed by atoms with van der Waals surface area (Å²) in [6, 6.07) is 5.91. The van der Waals surface area contributed by atoms with Crippen molar-refractivity contribution in [1.82, 2.24) is 4.90 Å². The van der Waals surface area contributed by atoms with Gasteiger partial charge in [0.2, 0.25) is 0 Å². The average Bonchev–Trinajstić information content (AvgIpc) is 2.43. The lowest BCUT2D eigenvalue weighted by Crippen LogP contribution is -2.20. The number of carbonyl (C=O) groups excluding carboxylic acids is 1. The zero-order valence-corrected chi connectivity index (χ0v) is 8.40. The van der Waals surface area contributed by atoms with E-state index in [0.29, 0.717) is 0 Å². The number of rotatable bonds is 1. The summed E-state index contributed by atoms with van der Waals surface area (Å²) in [7, 11) is 1.95. The van der Waals surface area contributed by atoms with Gasteiger partial charge in [-0.3, -0.25) is 4.90 Å². The fraction of sp³-hybridized carbons (Fsp3) is 0.364. The molecule has 0 aliphatic carbocycles. The Morgan fingerprint density at radius 1 is 1.50 bits per heavy atom. The van der Waals surface area contributed by atoms with Gasteiger partial charge in [-0.25, -0.2) is 0 Å². The summed E-state index contributed by atoms with van der Waals surface area (Å²) in [5.41, 5.74) is 8.75. The van der Waals surface area contributed by atoms with Crippen molar-refractivity contribution < 1.29 is 4.79 Å². The standard InChI is InChI=1S/C11H14N2O/c1-7-8-4-3-5-9(12)11(8)10(6-14)13(7)2/h3-7,10H,12H2,1-2H3. The maximum Gasteiger partial charge on any atom is 0.141 e. The molecule has 1 aromatic carbocycles. The van der Waals surface area contributed by atoms with Crippen LogP contribution in [0.25, 0.3) is 0 Å². The van der Waals surface area contributed by atoms with Crippen molar-refractivity contribution in [2.24, 2.45) is 0 Å². The molecule has 3 nitrogen and oxygen atoms in total. The Balaban J connectivity index is 2.61. The number of likely N-dealkylation sites (N-methyl/N-ethyl adjacent to an activating group) is 1. The summed E-state index contributed by atoms with van der Waals surface area (Å²) in [5, 5.41) is 0. The van der Waals surface area contributed by atoms with Crippen LogP contribution in [0.4, 0.5) is 5.69 Å². The quantitative estimate of drug-likeness (QED) is 0.539. The van der Waals surface area contributed by atoms with Crippen LogP contribution in [0.5, 0.6) is 0 Å². The van der Waals surface area contributed by atoms with Gasteiger partial charge in [0.25, 0.3) is 0 Å². The van der Waals surface area contributed by atoms with Crippen molar-refractivity contribution in [2.75, 3.05) is 12.8 Å². The number of hydrogen-bond donors (Lipinski definition) is 1. The molecule has 0 saturated heterocycles. The lowest BCUT2D eigenvalue weighted by atomic mass is 10.0. The topological polar surface area (TPSA) is 46.3 Å². The first-order valence-electron chi connectivity index (χ1n) is 4.72. The minimum absolute atomic E-state index is 0.179. The smallest absolute Gasteiger partial charge is 0.141 e. The zero-order chi connectivity index (χ0) is 10.3. The molecule has 1 heterocycles. The predicted octanol–water partition coefficient (Wildman–Crippen LogP) is 1.52. The fourth-order valence-corrected chi connectivity index (χ4v) is 2.14. The first-order valence-corrected chi connectivity index (χ1v) is 4.72. The molecule has 2 rings (SSSR count). The molecule has 0 fully saturated rings. The fourth-order valence-electron chi connectivity index (χ4n) is 2.14. The Kier molecular flexibility index (Phi) is 2.04. The Hall–Kier alpha value is -1.35. The highest BCUT2D eigenvalue weighted by molar-refractivity contribution is 5.71. The second-order valence-electron chi connectivity index (χ2n) is 3.77. The first-order chi connectivity index (χ1) is 6.66. The van der Waals surface area contributed by atoms with E-state index in [1.807, 2.05) is 30.1 Å². The molecule has 0 saturated carbocycles. The van der Waals surface area contributed by atoms with E-state index in [1.165, 1.54) is 5.56 Å². The third-order valence-corrected chi connectivity index (χ3v) is 3.10. The van der Waals surface area contributed by atoms with Crippen LogP contribution in [0.2, 0.25) is 0 Å². The van der Waals surface area contributed by atoms with Gasteiger partial charge in [0.05, 0.1) is 6.04 Å². The minimum atomic E-state index is -0.179. The summed E-state index contributed by atoms with van der Waals surface area (Å²) in [4.78, 5) is 13.0. The number of benzene rings is 1. The van der Waals surface area contributed by atoms with Crippen molar-refractivity contribution in [3.8, 4) is 0 Å². The molecule has 2 atom stereocenters. The molecule has 14 heavy (non-hydrogen) atoms. The predicted molar refractivity (Wildman–Crippen MR) is 55.8 cm³/mol. The summed E-state index contributed by atoms with van der Waals surface area (Å²) in [6.45, 7) is 2.09. The van der Waals surface area contributed by atoms with Crippen LogP contribution in [-0.4, -0.2) is 18.2 Å². The minimum Gasteiger partial charge on any atom is -0.398 e. The summed E-state index contributed by atoms with van der Waals surface area (Å²) >= 11 is 0. The van der Waals surface area contributed by atoms with E-state index >= 15 is 0 Å². The van der Waals surface area contributed by atoms with Gasteiger partial charge in [-0.15, -0.1) is 0 Å². The summed E-state index contributed by atoms with van der Waals surface area (Å²) in [5.74, 6) is 0. The molecule has 2 unspecified atom stereocenters. The maximum atomic E-state index is 11.0. The van der Waals surface area contributed by atoms with E-state index in [4.69, 9.17) is 5.73 Å². The lowest BCUT2D eigenvalue weighted by molar-refractivity contribution is -0.112. The van der Waals surface area contributed by atoms with E-state index < -0.39 is 0 Å². The molecular weight excluding hydrogens is 176 g/mol. The second-order valence-corrected chi connectivity index (χ2v) is 3.77. The van der Waals surface area contributed by atoms with Gasteiger partial charge in [-0.1, -0.05) is 12.1 Å². The average molecular weight is 190 g/mol. The number of fused-ring (bicyclic) bond motifs is 1. The van der Waals surface area contributed by atoms with Crippen LogP contribution in [0.15, 0.2) is 18.2 Å². The van der Waals surface area contributed by atoms with Gasteiger partial charge in [0.1, 0.15) is 6.29 Å². The van der Waals surface area contributed by atoms with Gasteiger partial charge in [0.15, 0.2) is 0 Å². The van der Waals surface area contributed by atoms with E-state index in [0.717, 1.165) is 17.5 Å². The number of aldehydes is 1. The lowest BCUT2D eigenvalue weighted by Gasteiger charge is -2.19. The molecular formula is C11H14N2O. The summed E-state index contributed by atoms with van der Waals surface area (Å²) in [6.07, 6.45) is 0.957. The van der Waals surface area contributed by atoms with E-state index in [1.54, 1.807) is 0 Å². The molecule has 0 radical (unpaired) electrons. The van der Waals surface area contributed by atoms with Crippen LogP contribution in [-0.2, 0) is 4.79 Å². The number of nitrogens with two attached hydrogens (primary N) is 1. The Morgan fingerprint density at radius 2 is 2.21 bits per heavy atom. The van der Waals surface area contributed by atoms with E-state index in [9.17, 15) is 4.79 Å². The van der Waals surface area contributed by atoms with Crippen molar-refractivity contribution >= 4 is 12.0 Å². The Morgan fingerprint density at radius 3 is 2.86 bits per heavy atom. The molecule has 1 aromatic rings. The van der Waals surface area contributed by atoms with Crippen molar-refractivity contribution in [2.45, 2.75) is 19.0 Å². The van der Waals surface area contributed by atoms with Gasteiger partial charge in [-0.2, -0.15) is 0 Å². The van der Waals surface area contributed by atoms with Crippen molar-refractivity contribution in [1.29, 1.82) is 0 Å². The largest absolute Gasteiger partial charge is 0.398 e. The SMILES string of the molecule is CC1c2cccc(N)c2C(C=O)N1C. The van der Waals surface area contributed by atoms with E-state index in [2.05, 4.69) is 6.92 Å². The monoisotopic (exact) mass is 190 g/mol. The molecule has 0 spiro atoms. The highest BCUT2D eigenvalue weighted by Crippen LogP contribution is 2.41. The number of anilines is 1. The molecule has 0 bridgehead atoms. The molecule has 74 valence electrons. The van der Waals surface area contributed by atoms with Gasteiger partial charge in [0, 0.05) is 17.3 Å². The number of carbonyl (C=O) groups is 1. The Labute approximate surface area is 83.5 Å². The molecule has 0 aromatic heterocycles. The molecule has 1 aliphatic rings. The van der Waals surface area contributed by atoms with Crippen molar-refractivity contribution in [3.63, 3.8) is 0 Å². The highest BCUT2D eigenvalue weighted by atomic mass is 16.1. The van der Waals surface area contributed by atoms with Crippen LogP contribution < -0.4 is 5.73 Å². The van der Waals surface area contributed by atoms with Gasteiger partial charge >= 0.3 is 0 Å². The van der Waals surface area contributed by atoms with Crippen LogP contribution in [0, 0.1) is 0 Å². The normalized spacial score (nSPS) is 26.1.